The number of hydrogen-bond donors (Lipinski definition) is 0. The molecule has 0 atom stereocenters. The van der Waals surface area contributed by atoms with Crippen LogP contribution in [0.5, 0.6) is 0 Å². The molecule has 0 saturated heterocycles. The highest BCUT2D eigenvalue weighted by molar-refractivity contribution is 7.26. The van der Waals surface area contributed by atoms with Crippen LogP contribution in [0.2, 0.25) is 0 Å². The van der Waals surface area contributed by atoms with Crippen molar-refractivity contribution in [3.8, 4) is 56.3 Å². The van der Waals surface area contributed by atoms with Crippen LogP contribution in [0.25, 0.3) is 120 Å². The average Bonchev–Trinajstić information content (AvgIpc) is 4.02. The van der Waals surface area contributed by atoms with Crippen molar-refractivity contribution in [3.05, 3.63) is 218 Å². The molecule has 0 bridgehead atoms. The summed E-state index contributed by atoms with van der Waals surface area (Å²) in [6.45, 7) is 0. The molecule has 5 heteroatoms. The number of aromatic nitrogens is 4. The number of rotatable bonds is 6. The van der Waals surface area contributed by atoms with Gasteiger partial charge < -0.3 is 9.13 Å². The highest BCUT2D eigenvalue weighted by Crippen LogP contribution is 2.47. The monoisotopic (exact) mass is 820 g/mol. The minimum absolute atomic E-state index is 0.716. The molecule has 0 aliphatic rings. The standard InChI is InChI=1S/C58H36N4S/c1-4-19-37(20-5-1)45-35-40(54-57-55(44-28-13-17-34-52(44)63-57)60-58(59-54)39-23-8-3-9-24-39)36-46(38-21-6-2-7-22-38)56(45)62-49-31-16-12-27-43(49)53-50(32-18-33-51(53)62)61-47-29-14-10-25-41(47)42-26-11-15-30-48(42)61/h1-36H. The number of para-hydroxylation sites is 3. The summed E-state index contributed by atoms with van der Waals surface area (Å²) in [5.74, 6) is 0.716. The van der Waals surface area contributed by atoms with Crippen LogP contribution in [0.3, 0.4) is 0 Å². The van der Waals surface area contributed by atoms with Crippen LogP contribution in [0.1, 0.15) is 0 Å². The molecule has 13 aromatic rings. The second kappa shape index (κ2) is 14.2. The lowest BCUT2D eigenvalue weighted by atomic mass is 9.91. The molecule has 0 fully saturated rings. The lowest BCUT2D eigenvalue weighted by Gasteiger charge is -2.21. The maximum absolute atomic E-state index is 5.48. The van der Waals surface area contributed by atoms with Crippen molar-refractivity contribution in [2.24, 2.45) is 0 Å². The van der Waals surface area contributed by atoms with Crippen LogP contribution < -0.4 is 0 Å². The largest absolute Gasteiger partial charge is 0.309 e. The fourth-order valence-corrected chi connectivity index (χ4v) is 11.0. The molecule has 0 aliphatic heterocycles. The zero-order chi connectivity index (χ0) is 41.4. The van der Waals surface area contributed by atoms with Gasteiger partial charge in [0.15, 0.2) is 5.82 Å². The summed E-state index contributed by atoms with van der Waals surface area (Å²) in [6.07, 6.45) is 0. The van der Waals surface area contributed by atoms with Crippen LogP contribution >= 0.6 is 11.3 Å². The van der Waals surface area contributed by atoms with Gasteiger partial charge in [0.25, 0.3) is 0 Å². The first-order valence-corrected chi connectivity index (χ1v) is 22.2. The first-order chi connectivity index (χ1) is 31.3. The predicted octanol–water partition coefficient (Wildman–Crippen LogP) is 15.7. The summed E-state index contributed by atoms with van der Waals surface area (Å²) >= 11 is 1.77. The van der Waals surface area contributed by atoms with Crippen LogP contribution in [-0.2, 0) is 0 Å². The number of hydrogen-bond acceptors (Lipinski definition) is 3. The van der Waals surface area contributed by atoms with E-state index in [-0.39, 0.29) is 0 Å². The Labute approximate surface area is 367 Å². The van der Waals surface area contributed by atoms with E-state index < -0.39 is 0 Å². The van der Waals surface area contributed by atoms with E-state index in [9.17, 15) is 0 Å². The van der Waals surface area contributed by atoms with E-state index in [0.29, 0.717) is 5.82 Å². The van der Waals surface area contributed by atoms with Crippen molar-refractivity contribution in [3.63, 3.8) is 0 Å². The van der Waals surface area contributed by atoms with Crippen molar-refractivity contribution in [1.82, 2.24) is 19.1 Å². The van der Waals surface area contributed by atoms with E-state index in [1.54, 1.807) is 11.3 Å². The summed E-state index contributed by atoms with van der Waals surface area (Å²) in [5, 5.41) is 6.04. The van der Waals surface area contributed by atoms with Crippen molar-refractivity contribution in [1.29, 1.82) is 0 Å². The van der Waals surface area contributed by atoms with E-state index >= 15 is 0 Å². The van der Waals surface area contributed by atoms with Gasteiger partial charge in [0.2, 0.25) is 0 Å². The van der Waals surface area contributed by atoms with Crippen molar-refractivity contribution in [2.45, 2.75) is 0 Å². The SMILES string of the molecule is c1ccc(-c2nc(-c3cc(-c4ccccc4)c(-n4c5ccccc5c5c(-n6c7ccccc7c7ccccc76)cccc54)c(-c4ccccc4)c3)c3sc4ccccc4c3n2)cc1. The molecule has 4 heterocycles. The molecule has 0 N–H and O–H groups in total. The number of nitrogens with zero attached hydrogens (tertiary/aromatic N) is 4. The third kappa shape index (κ3) is 5.53. The Balaban J connectivity index is 1.17. The summed E-state index contributed by atoms with van der Waals surface area (Å²) in [5.41, 5.74) is 15.3. The smallest absolute Gasteiger partial charge is 0.160 e. The highest BCUT2D eigenvalue weighted by Gasteiger charge is 2.25. The molecule has 0 spiro atoms. The molecule has 4 nitrogen and oxygen atoms in total. The fraction of sp³-hybridized carbons (Fsp3) is 0. The van der Waals surface area contributed by atoms with Crippen LogP contribution in [0, 0.1) is 0 Å². The summed E-state index contributed by atoms with van der Waals surface area (Å²) in [7, 11) is 0. The second-order valence-electron chi connectivity index (χ2n) is 16.1. The Kier molecular flexibility index (Phi) is 8.05. The lowest BCUT2D eigenvalue weighted by molar-refractivity contribution is 1.17. The molecular formula is C58H36N4S. The van der Waals surface area contributed by atoms with Gasteiger partial charge in [0.1, 0.15) is 0 Å². The van der Waals surface area contributed by atoms with Crippen LogP contribution in [0.4, 0.5) is 0 Å². The third-order valence-corrected chi connectivity index (χ3v) is 13.7. The molecule has 63 heavy (non-hydrogen) atoms. The predicted molar refractivity (Wildman–Crippen MR) is 265 cm³/mol. The number of thiophene rings is 1. The van der Waals surface area contributed by atoms with Crippen LogP contribution in [-0.4, -0.2) is 19.1 Å². The van der Waals surface area contributed by atoms with Gasteiger partial charge in [0.05, 0.1) is 49.4 Å². The molecule has 9 aromatic carbocycles. The van der Waals surface area contributed by atoms with Gasteiger partial charge >= 0.3 is 0 Å². The first-order valence-electron chi connectivity index (χ1n) is 21.3. The van der Waals surface area contributed by atoms with Crippen molar-refractivity contribution >= 4 is 75.3 Å². The maximum Gasteiger partial charge on any atom is 0.160 e. The zero-order valence-electron chi connectivity index (χ0n) is 34.0. The van der Waals surface area contributed by atoms with Gasteiger partial charge in [-0.15, -0.1) is 11.3 Å². The summed E-state index contributed by atoms with van der Waals surface area (Å²) in [6, 6.07) is 78.6. The average molecular weight is 821 g/mol. The Bertz CT molecular complexity index is 3790. The topological polar surface area (TPSA) is 35.6 Å². The maximum atomic E-state index is 5.48. The van der Waals surface area contributed by atoms with Gasteiger partial charge in [0, 0.05) is 53.9 Å². The lowest BCUT2D eigenvalue weighted by Crippen LogP contribution is -2.03. The summed E-state index contributed by atoms with van der Waals surface area (Å²) in [4.78, 5) is 10.7. The number of fused-ring (bicyclic) bond motifs is 9. The Morgan fingerprint density at radius 2 is 0.857 bits per heavy atom. The first kappa shape index (κ1) is 35.6. The van der Waals surface area contributed by atoms with Gasteiger partial charge in [-0.05, 0) is 59.7 Å². The molecule has 4 aromatic heterocycles. The van der Waals surface area contributed by atoms with E-state index in [4.69, 9.17) is 9.97 Å². The van der Waals surface area contributed by atoms with Gasteiger partial charge in [-0.3, -0.25) is 0 Å². The summed E-state index contributed by atoms with van der Waals surface area (Å²) < 4.78 is 7.25. The van der Waals surface area contributed by atoms with E-state index in [1.807, 2.05) is 6.07 Å². The Morgan fingerprint density at radius 1 is 0.365 bits per heavy atom. The molecule has 0 radical (unpaired) electrons. The molecule has 0 amide bonds. The minimum Gasteiger partial charge on any atom is -0.309 e. The van der Waals surface area contributed by atoms with Crippen molar-refractivity contribution < 1.29 is 0 Å². The van der Waals surface area contributed by atoms with E-state index in [0.717, 1.165) is 77.1 Å². The molecule has 13 rings (SSSR count). The fourth-order valence-electron chi connectivity index (χ4n) is 9.80. The molecule has 0 aliphatic carbocycles. The van der Waals surface area contributed by atoms with E-state index in [2.05, 4.69) is 221 Å². The second-order valence-corrected chi connectivity index (χ2v) is 17.1. The highest BCUT2D eigenvalue weighted by atomic mass is 32.1. The molecule has 0 unspecified atom stereocenters. The molecule has 294 valence electrons. The number of benzene rings is 9. The third-order valence-electron chi connectivity index (χ3n) is 12.5. The Hall–Kier alpha value is -8.12. The van der Waals surface area contributed by atoms with Crippen molar-refractivity contribution in [2.75, 3.05) is 0 Å². The van der Waals surface area contributed by atoms with Gasteiger partial charge in [-0.2, -0.15) is 0 Å². The minimum atomic E-state index is 0.716. The quantitative estimate of drug-likeness (QED) is 0.167. The molecular weight excluding hydrogens is 785 g/mol. The normalized spacial score (nSPS) is 11.8. The zero-order valence-corrected chi connectivity index (χ0v) is 34.8. The molecule has 0 saturated carbocycles. The van der Waals surface area contributed by atoms with Crippen LogP contribution in [0.15, 0.2) is 218 Å². The van der Waals surface area contributed by atoms with Gasteiger partial charge in [-0.25, -0.2) is 9.97 Å². The van der Waals surface area contributed by atoms with Gasteiger partial charge in [-0.1, -0.05) is 170 Å². The van der Waals surface area contributed by atoms with E-state index in [1.165, 1.54) is 37.3 Å². The Morgan fingerprint density at radius 3 is 1.48 bits per heavy atom.